The Kier molecular flexibility index (Phi) is 4.62. The Morgan fingerprint density at radius 1 is 1.04 bits per heavy atom. The summed E-state index contributed by atoms with van der Waals surface area (Å²) in [6.07, 6.45) is 0. The fraction of sp³-hybridized carbons (Fsp3) is 0.238. The highest BCUT2D eigenvalue weighted by atomic mass is 35.5. The molecule has 1 aliphatic heterocycles. The zero-order valence-corrected chi connectivity index (χ0v) is 15.8. The maximum Gasteiger partial charge on any atom is 0.270 e. The summed E-state index contributed by atoms with van der Waals surface area (Å²) in [7, 11) is 0. The first-order valence-electron chi connectivity index (χ1n) is 8.95. The number of nitrogens with one attached hydrogen (secondary N) is 1. The lowest BCUT2D eigenvalue weighted by molar-refractivity contribution is 0.0741. The fourth-order valence-electron chi connectivity index (χ4n) is 3.49. The van der Waals surface area contributed by atoms with Crippen molar-refractivity contribution in [3.05, 3.63) is 75.0 Å². The van der Waals surface area contributed by atoms with Crippen LogP contribution in [0.1, 0.15) is 16.1 Å². The predicted octanol–water partition coefficient (Wildman–Crippen LogP) is 3.45. The van der Waals surface area contributed by atoms with E-state index in [9.17, 15) is 9.59 Å². The van der Waals surface area contributed by atoms with Crippen molar-refractivity contribution in [3.8, 4) is 0 Å². The molecule has 1 aromatic heterocycles. The number of hydrogen-bond donors (Lipinski definition) is 1. The van der Waals surface area contributed by atoms with Crippen molar-refractivity contribution in [2.24, 2.45) is 0 Å². The molecule has 0 spiro atoms. The van der Waals surface area contributed by atoms with E-state index >= 15 is 0 Å². The molecular weight excluding hydrogens is 362 g/mol. The number of aromatic amines is 1. The van der Waals surface area contributed by atoms with Gasteiger partial charge < -0.3 is 14.8 Å². The second-order valence-corrected chi connectivity index (χ2v) is 7.29. The molecular formula is C21H20ClN3O2. The van der Waals surface area contributed by atoms with Gasteiger partial charge in [-0.05, 0) is 37.3 Å². The molecule has 1 amide bonds. The smallest absolute Gasteiger partial charge is 0.270 e. The first-order chi connectivity index (χ1) is 13.0. The van der Waals surface area contributed by atoms with Gasteiger partial charge in [0.1, 0.15) is 5.69 Å². The quantitative estimate of drug-likeness (QED) is 0.739. The van der Waals surface area contributed by atoms with Crippen LogP contribution in [0.15, 0.2) is 53.3 Å². The number of carbonyl (C=O) groups is 1. The van der Waals surface area contributed by atoms with Crippen LogP contribution in [0.25, 0.3) is 10.9 Å². The zero-order valence-electron chi connectivity index (χ0n) is 15.0. The van der Waals surface area contributed by atoms with Crippen molar-refractivity contribution in [1.29, 1.82) is 0 Å². The lowest BCUT2D eigenvalue weighted by Gasteiger charge is -2.36. The number of H-pyrrole nitrogens is 1. The Labute approximate surface area is 162 Å². The van der Waals surface area contributed by atoms with Crippen LogP contribution in [0, 0.1) is 6.92 Å². The Hall–Kier alpha value is -2.79. The van der Waals surface area contributed by atoms with E-state index in [1.54, 1.807) is 4.90 Å². The first kappa shape index (κ1) is 17.6. The van der Waals surface area contributed by atoms with Crippen LogP contribution in [0.3, 0.4) is 0 Å². The van der Waals surface area contributed by atoms with Crippen LogP contribution in [-0.2, 0) is 0 Å². The minimum Gasteiger partial charge on any atom is -0.368 e. The van der Waals surface area contributed by atoms with Gasteiger partial charge in [0.2, 0.25) is 0 Å². The summed E-state index contributed by atoms with van der Waals surface area (Å²) >= 11 is 6.07. The minimum atomic E-state index is -0.139. The highest BCUT2D eigenvalue weighted by Gasteiger charge is 2.23. The largest absolute Gasteiger partial charge is 0.368 e. The third kappa shape index (κ3) is 3.55. The standard InChI is InChI=1S/C21H20ClN3O2/c1-14-5-6-18-17(11-14)20(26)13-19(23-18)21(27)25-9-7-24(8-10-25)16-4-2-3-15(22)12-16/h2-6,11-13H,7-10H2,1H3,(H,23,26). The van der Waals surface area contributed by atoms with Crippen molar-refractivity contribution >= 4 is 34.1 Å². The van der Waals surface area contributed by atoms with Gasteiger partial charge in [-0.15, -0.1) is 0 Å². The van der Waals surface area contributed by atoms with Crippen LogP contribution >= 0.6 is 11.6 Å². The molecule has 138 valence electrons. The molecule has 6 heteroatoms. The molecule has 0 saturated carbocycles. The molecule has 27 heavy (non-hydrogen) atoms. The van der Waals surface area contributed by atoms with E-state index < -0.39 is 0 Å². The number of carbonyl (C=O) groups excluding carboxylic acids is 1. The molecule has 1 fully saturated rings. The molecule has 0 unspecified atom stereocenters. The molecule has 0 bridgehead atoms. The van der Waals surface area contributed by atoms with Gasteiger partial charge >= 0.3 is 0 Å². The summed E-state index contributed by atoms with van der Waals surface area (Å²) in [5.74, 6) is -0.139. The monoisotopic (exact) mass is 381 g/mol. The van der Waals surface area contributed by atoms with Crippen molar-refractivity contribution < 1.29 is 4.79 Å². The predicted molar refractivity (Wildman–Crippen MR) is 109 cm³/mol. The lowest BCUT2D eigenvalue weighted by Crippen LogP contribution is -2.49. The molecule has 1 N–H and O–H groups in total. The van der Waals surface area contributed by atoms with Crippen LogP contribution in [0.5, 0.6) is 0 Å². The molecule has 1 saturated heterocycles. The second-order valence-electron chi connectivity index (χ2n) is 6.86. The highest BCUT2D eigenvalue weighted by Crippen LogP contribution is 2.21. The Morgan fingerprint density at radius 2 is 1.81 bits per heavy atom. The van der Waals surface area contributed by atoms with Crippen LogP contribution < -0.4 is 10.3 Å². The number of piperazine rings is 1. The average Bonchev–Trinajstić information content (AvgIpc) is 2.68. The number of fused-ring (bicyclic) bond motifs is 1. The number of hydrogen-bond acceptors (Lipinski definition) is 3. The van der Waals surface area contributed by atoms with E-state index in [2.05, 4.69) is 9.88 Å². The van der Waals surface area contributed by atoms with Gasteiger partial charge in [-0.1, -0.05) is 29.3 Å². The SMILES string of the molecule is Cc1ccc2[nH]c(C(=O)N3CCN(c4cccc(Cl)c4)CC3)cc(=O)c2c1. The number of benzene rings is 2. The summed E-state index contributed by atoms with van der Waals surface area (Å²) in [5, 5.41) is 1.31. The van der Waals surface area contributed by atoms with Crippen LogP contribution in [0.4, 0.5) is 5.69 Å². The van der Waals surface area contributed by atoms with Crippen LogP contribution in [-0.4, -0.2) is 42.0 Å². The van der Waals surface area contributed by atoms with E-state index in [1.165, 1.54) is 6.07 Å². The zero-order chi connectivity index (χ0) is 19.0. The number of pyridine rings is 1. The van der Waals surface area contributed by atoms with Crippen molar-refractivity contribution in [3.63, 3.8) is 0 Å². The van der Waals surface area contributed by atoms with E-state index in [0.29, 0.717) is 34.7 Å². The Bertz CT molecular complexity index is 1070. The summed E-state index contributed by atoms with van der Waals surface area (Å²) in [6.45, 7) is 4.59. The molecule has 2 heterocycles. The number of aryl methyl sites for hydroxylation is 1. The lowest BCUT2D eigenvalue weighted by atomic mass is 10.1. The third-order valence-corrected chi connectivity index (χ3v) is 5.19. The number of amides is 1. The number of nitrogens with zero attached hydrogens (tertiary/aromatic N) is 2. The number of aromatic nitrogens is 1. The average molecular weight is 382 g/mol. The summed E-state index contributed by atoms with van der Waals surface area (Å²) in [6, 6.07) is 14.8. The van der Waals surface area contributed by atoms with E-state index in [4.69, 9.17) is 11.6 Å². The fourth-order valence-corrected chi connectivity index (χ4v) is 3.67. The van der Waals surface area contributed by atoms with E-state index in [-0.39, 0.29) is 11.3 Å². The molecule has 0 aliphatic carbocycles. The molecule has 0 atom stereocenters. The molecule has 3 aromatic rings. The van der Waals surface area contributed by atoms with Crippen molar-refractivity contribution in [2.75, 3.05) is 31.1 Å². The maximum absolute atomic E-state index is 12.9. The number of anilines is 1. The molecule has 4 rings (SSSR count). The third-order valence-electron chi connectivity index (χ3n) is 4.96. The van der Waals surface area contributed by atoms with Gasteiger partial charge in [-0.2, -0.15) is 0 Å². The first-order valence-corrected chi connectivity index (χ1v) is 9.32. The van der Waals surface area contributed by atoms with Gasteiger partial charge in [0.15, 0.2) is 5.43 Å². The topological polar surface area (TPSA) is 56.4 Å². The van der Waals surface area contributed by atoms with Gasteiger partial charge in [-0.25, -0.2) is 0 Å². The Balaban J connectivity index is 1.52. The number of rotatable bonds is 2. The highest BCUT2D eigenvalue weighted by molar-refractivity contribution is 6.30. The van der Waals surface area contributed by atoms with Crippen molar-refractivity contribution in [1.82, 2.24) is 9.88 Å². The molecule has 2 aromatic carbocycles. The minimum absolute atomic E-state index is 0.131. The normalized spacial score (nSPS) is 14.6. The summed E-state index contributed by atoms with van der Waals surface area (Å²) in [5.41, 5.74) is 2.98. The molecule has 1 aliphatic rings. The van der Waals surface area contributed by atoms with Crippen molar-refractivity contribution in [2.45, 2.75) is 6.92 Å². The van der Waals surface area contributed by atoms with E-state index in [0.717, 1.165) is 24.3 Å². The maximum atomic E-state index is 12.9. The molecule has 0 radical (unpaired) electrons. The number of halogens is 1. The van der Waals surface area contributed by atoms with Crippen LogP contribution in [0.2, 0.25) is 5.02 Å². The second kappa shape index (κ2) is 7.08. The van der Waals surface area contributed by atoms with E-state index in [1.807, 2.05) is 49.4 Å². The van der Waals surface area contributed by atoms with Gasteiger partial charge in [0.05, 0.1) is 0 Å². The van der Waals surface area contributed by atoms with Gasteiger partial charge in [0.25, 0.3) is 5.91 Å². The van der Waals surface area contributed by atoms with Gasteiger partial charge in [0, 0.05) is 53.9 Å². The van der Waals surface area contributed by atoms with Gasteiger partial charge in [-0.3, -0.25) is 9.59 Å². The summed E-state index contributed by atoms with van der Waals surface area (Å²) in [4.78, 5) is 32.4. The summed E-state index contributed by atoms with van der Waals surface area (Å²) < 4.78 is 0. The molecule has 5 nitrogen and oxygen atoms in total. The Morgan fingerprint density at radius 3 is 2.56 bits per heavy atom.